The van der Waals surface area contributed by atoms with Gasteiger partial charge in [-0.3, -0.25) is 9.36 Å². The molecule has 0 bridgehead atoms. The first kappa shape index (κ1) is 20.0. The number of rotatable bonds is 7. The molecule has 0 fully saturated rings. The minimum Gasteiger partial charge on any atom is -0.446 e. The molecule has 1 amide bonds. The van der Waals surface area contributed by atoms with Crippen molar-refractivity contribution in [1.29, 1.82) is 0 Å². The van der Waals surface area contributed by atoms with E-state index in [0.717, 1.165) is 0 Å². The lowest BCUT2D eigenvalue weighted by Gasteiger charge is -2.07. The van der Waals surface area contributed by atoms with Gasteiger partial charge in [-0.1, -0.05) is 41.0 Å². The topological polar surface area (TPSA) is 73.0 Å². The molecule has 1 N–H and O–H groups in total. The third kappa shape index (κ3) is 4.95. The number of nitrogens with zero attached hydrogens (tertiary/aromatic N) is 3. The van der Waals surface area contributed by atoms with Crippen molar-refractivity contribution in [3.05, 3.63) is 57.7 Å². The van der Waals surface area contributed by atoms with E-state index in [0.29, 0.717) is 43.7 Å². The molecule has 0 aliphatic rings. The second kappa shape index (κ2) is 8.97. The minimum atomic E-state index is -0.200. The van der Waals surface area contributed by atoms with Crippen molar-refractivity contribution in [2.45, 2.75) is 11.7 Å². The summed E-state index contributed by atoms with van der Waals surface area (Å²) in [5.41, 5.74) is 0.573. The van der Waals surface area contributed by atoms with Gasteiger partial charge in [0.05, 0.1) is 15.8 Å². The standard InChI is InChI=1S/C17H13BrCl2N4O2S/c1-2-7-24-16(13-5-6-14(18)26-13)22-23-17(24)27-9-15(25)21-10-3-4-11(19)12(20)8-10/h2-6,8H,1,7,9H2,(H,21,25). The Kier molecular flexibility index (Phi) is 6.64. The first-order valence-corrected chi connectivity index (χ1v) is 10.2. The second-order valence-corrected chi connectivity index (χ2v) is 7.81. The van der Waals surface area contributed by atoms with Crippen LogP contribution in [0.3, 0.4) is 0 Å². The van der Waals surface area contributed by atoms with E-state index in [1.807, 2.05) is 4.57 Å². The van der Waals surface area contributed by atoms with Crippen LogP contribution in [0, 0.1) is 0 Å². The van der Waals surface area contributed by atoms with Gasteiger partial charge in [-0.05, 0) is 46.3 Å². The van der Waals surface area contributed by atoms with Gasteiger partial charge in [0.25, 0.3) is 0 Å². The van der Waals surface area contributed by atoms with Crippen molar-refractivity contribution in [1.82, 2.24) is 14.8 Å². The number of carbonyl (C=O) groups excluding carboxylic acids is 1. The molecule has 6 nitrogen and oxygen atoms in total. The SMILES string of the molecule is C=CCn1c(SCC(=O)Nc2ccc(Cl)c(Cl)c2)nnc1-c1ccc(Br)o1. The van der Waals surface area contributed by atoms with Crippen LogP contribution in [0.4, 0.5) is 5.69 Å². The number of amides is 1. The number of aromatic nitrogens is 3. The number of furan rings is 1. The molecule has 2 aromatic heterocycles. The lowest BCUT2D eigenvalue weighted by molar-refractivity contribution is -0.113. The smallest absolute Gasteiger partial charge is 0.234 e. The monoisotopic (exact) mass is 486 g/mol. The van der Waals surface area contributed by atoms with E-state index in [9.17, 15) is 4.79 Å². The highest BCUT2D eigenvalue weighted by molar-refractivity contribution is 9.10. The Morgan fingerprint density at radius 3 is 2.78 bits per heavy atom. The number of allylic oxidation sites excluding steroid dienone is 1. The normalized spacial score (nSPS) is 10.8. The quantitative estimate of drug-likeness (QED) is 0.350. The van der Waals surface area contributed by atoms with Crippen molar-refractivity contribution < 1.29 is 9.21 Å². The zero-order valence-electron chi connectivity index (χ0n) is 13.8. The molecular formula is C17H13BrCl2N4O2S. The van der Waals surface area contributed by atoms with E-state index in [-0.39, 0.29) is 11.7 Å². The highest BCUT2D eigenvalue weighted by Crippen LogP contribution is 2.28. The fourth-order valence-electron chi connectivity index (χ4n) is 2.21. The van der Waals surface area contributed by atoms with Crippen molar-refractivity contribution in [2.75, 3.05) is 11.1 Å². The van der Waals surface area contributed by atoms with Crippen molar-refractivity contribution in [2.24, 2.45) is 0 Å². The number of nitrogens with one attached hydrogen (secondary N) is 1. The van der Waals surface area contributed by atoms with Crippen LogP contribution in [0.2, 0.25) is 10.0 Å². The van der Waals surface area contributed by atoms with Crippen LogP contribution in [0.5, 0.6) is 0 Å². The predicted molar refractivity (Wildman–Crippen MR) is 111 cm³/mol. The summed E-state index contributed by atoms with van der Waals surface area (Å²) in [6.07, 6.45) is 1.73. The number of halogens is 3. The lowest BCUT2D eigenvalue weighted by atomic mass is 10.3. The Bertz CT molecular complexity index is 989. The molecule has 0 aliphatic carbocycles. The largest absolute Gasteiger partial charge is 0.446 e. The van der Waals surface area contributed by atoms with Crippen LogP contribution in [0.1, 0.15) is 0 Å². The Labute approximate surface area is 178 Å². The van der Waals surface area contributed by atoms with Gasteiger partial charge in [-0.25, -0.2) is 0 Å². The van der Waals surface area contributed by atoms with Crippen LogP contribution in [0.15, 0.2) is 57.2 Å². The summed E-state index contributed by atoms with van der Waals surface area (Å²) in [4.78, 5) is 12.2. The van der Waals surface area contributed by atoms with Crippen molar-refractivity contribution in [3.63, 3.8) is 0 Å². The summed E-state index contributed by atoms with van der Waals surface area (Å²) in [5, 5.41) is 12.5. The molecule has 140 valence electrons. The maximum absolute atomic E-state index is 12.2. The van der Waals surface area contributed by atoms with Gasteiger partial charge in [-0.15, -0.1) is 16.8 Å². The fourth-order valence-corrected chi connectivity index (χ4v) is 3.56. The van der Waals surface area contributed by atoms with E-state index in [4.69, 9.17) is 27.6 Å². The molecule has 10 heteroatoms. The number of anilines is 1. The Morgan fingerprint density at radius 1 is 1.30 bits per heavy atom. The van der Waals surface area contributed by atoms with Gasteiger partial charge < -0.3 is 9.73 Å². The molecule has 0 radical (unpaired) electrons. The van der Waals surface area contributed by atoms with Gasteiger partial charge in [0, 0.05) is 12.2 Å². The summed E-state index contributed by atoms with van der Waals surface area (Å²) in [5.74, 6) is 1.09. The fraction of sp³-hybridized carbons (Fsp3) is 0.118. The van der Waals surface area contributed by atoms with Crippen molar-refractivity contribution in [3.8, 4) is 11.6 Å². The summed E-state index contributed by atoms with van der Waals surface area (Å²) in [7, 11) is 0. The third-order valence-corrected chi connectivity index (χ3v) is 5.49. The molecule has 1 aromatic carbocycles. The highest BCUT2D eigenvalue weighted by Gasteiger charge is 2.17. The molecule has 0 spiro atoms. The van der Waals surface area contributed by atoms with Crippen LogP contribution in [-0.4, -0.2) is 26.4 Å². The minimum absolute atomic E-state index is 0.150. The molecular weight excluding hydrogens is 475 g/mol. The summed E-state index contributed by atoms with van der Waals surface area (Å²) in [6, 6.07) is 8.48. The van der Waals surface area contributed by atoms with Gasteiger partial charge in [0.2, 0.25) is 11.7 Å². The van der Waals surface area contributed by atoms with Crippen LogP contribution in [0.25, 0.3) is 11.6 Å². The van der Waals surface area contributed by atoms with Gasteiger partial charge in [-0.2, -0.15) is 0 Å². The molecule has 3 rings (SSSR count). The van der Waals surface area contributed by atoms with Crippen LogP contribution in [-0.2, 0) is 11.3 Å². The number of hydrogen-bond acceptors (Lipinski definition) is 5. The third-order valence-electron chi connectivity index (χ3n) is 3.36. The Morgan fingerprint density at radius 2 is 2.11 bits per heavy atom. The molecule has 2 heterocycles. The van der Waals surface area contributed by atoms with Crippen LogP contribution >= 0.6 is 50.9 Å². The first-order chi connectivity index (χ1) is 13.0. The number of hydrogen-bond donors (Lipinski definition) is 1. The molecule has 0 atom stereocenters. The number of benzene rings is 1. The van der Waals surface area contributed by atoms with E-state index >= 15 is 0 Å². The van der Waals surface area contributed by atoms with E-state index < -0.39 is 0 Å². The Balaban J connectivity index is 1.69. The van der Waals surface area contributed by atoms with Crippen molar-refractivity contribution >= 4 is 62.5 Å². The van der Waals surface area contributed by atoms with E-state index in [1.165, 1.54) is 11.8 Å². The summed E-state index contributed by atoms with van der Waals surface area (Å²) in [6.45, 7) is 4.24. The average molecular weight is 488 g/mol. The van der Waals surface area contributed by atoms with Gasteiger partial charge >= 0.3 is 0 Å². The number of thioether (sulfide) groups is 1. The Hall–Kier alpha value is -1.74. The zero-order valence-corrected chi connectivity index (χ0v) is 17.7. The maximum Gasteiger partial charge on any atom is 0.234 e. The van der Waals surface area contributed by atoms with Gasteiger partial charge in [0.15, 0.2) is 15.6 Å². The van der Waals surface area contributed by atoms with Gasteiger partial charge in [0.1, 0.15) is 0 Å². The second-order valence-electron chi connectivity index (χ2n) is 5.27. The first-order valence-electron chi connectivity index (χ1n) is 7.65. The average Bonchev–Trinajstić information content (AvgIpc) is 3.23. The maximum atomic E-state index is 12.2. The van der Waals surface area contributed by atoms with E-state index in [1.54, 1.807) is 36.4 Å². The molecule has 0 saturated carbocycles. The molecule has 0 saturated heterocycles. The summed E-state index contributed by atoms with van der Waals surface area (Å²) >= 11 is 16.4. The molecule has 27 heavy (non-hydrogen) atoms. The zero-order chi connectivity index (χ0) is 19.4. The lowest BCUT2D eigenvalue weighted by Crippen LogP contribution is -2.14. The summed E-state index contributed by atoms with van der Waals surface area (Å²) < 4.78 is 7.97. The molecule has 3 aromatic rings. The molecule has 0 aliphatic heterocycles. The number of carbonyl (C=O) groups is 1. The van der Waals surface area contributed by atoms with Crippen LogP contribution < -0.4 is 5.32 Å². The van der Waals surface area contributed by atoms with E-state index in [2.05, 4.69) is 38.0 Å². The molecule has 0 unspecified atom stereocenters. The highest BCUT2D eigenvalue weighted by atomic mass is 79.9. The predicted octanol–water partition coefficient (Wildman–Crippen LogP) is 5.52.